The number of aromatic carboxylic acids is 1. The second kappa shape index (κ2) is 12.9. The van der Waals surface area contributed by atoms with Crippen molar-refractivity contribution in [2.45, 2.75) is 71.1 Å². The van der Waals surface area contributed by atoms with Crippen molar-refractivity contribution >= 4 is 5.97 Å². The lowest BCUT2D eigenvalue weighted by molar-refractivity contribution is 0.0697. The summed E-state index contributed by atoms with van der Waals surface area (Å²) < 4.78 is 5.67. The minimum absolute atomic E-state index is 0.258. The van der Waals surface area contributed by atoms with Gasteiger partial charge in [-0.2, -0.15) is 0 Å². The number of carboxylic acids is 1. The molecule has 2 aromatic rings. The van der Waals surface area contributed by atoms with E-state index in [9.17, 15) is 4.79 Å². The van der Waals surface area contributed by atoms with E-state index in [0.29, 0.717) is 18.2 Å². The number of benzene rings is 1. The standard InChI is InChI=1S/C23H32N2O3/c1-2-3-4-5-6-7-8-9-10-11-16-28-22-18-24-21(17-25-22)19-12-14-20(15-13-19)23(26)27/h12-15,17-18H,2-11,16H2,1H3,(H,26,27). The molecular formula is C23H32N2O3. The van der Waals surface area contributed by atoms with Crippen molar-refractivity contribution in [3.8, 4) is 17.1 Å². The Labute approximate surface area is 168 Å². The summed E-state index contributed by atoms with van der Waals surface area (Å²) in [4.78, 5) is 19.5. The zero-order valence-electron chi connectivity index (χ0n) is 16.9. The van der Waals surface area contributed by atoms with Crippen LogP contribution in [0.2, 0.25) is 0 Å². The van der Waals surface area contributed by atoms with Gasteiger partial charge in [0.1, 0.15) is 0 Å². The van der Waals surface area contributed by atoms with E-state index >= 15 is 0 Å². The van der Waals surface area contributed by atoms with Crippen molar-refractivity contribution in [3.05, 3.63) is 42.2 Å². The van der Waals surface area contributed by atoms with Crippen molar-refractivity contribution < 1.29 is 14.6 Å². The van der Waals surface area contributed by atoms with Crippen LogP contribution in [0.4, 0.5) is 0 Å². The maximum absolute atomic E-state index is 10.9. The number of carboxylic acid groups (broad SMARTS) is 1. The van der Waals surface area contributed by atoms with Crippen LogP contribution in [-0.2, 0) is 0 Å². The topological polar surface area (TPSA) is 72.3 Å². The normalized spacial score (nSPS) is 10.8. The first-order chi connectivity index (χ1) is 13.7. The SMILES string of the molecule is CCCCCCCCCCCCOc1cnc(-c2ccc(C(=O)O)cc2)cn1. The van der Waals surface area contributed by atoms with E-state index in [1.54, 1.807) is 36.7 Å². The largest absolute Gasteiger partial charge is 0.478 e. The number of rotatable bonds is 14. The zero-order chi connectivity index (χ0) is 20.0. The Morgan fingerprint density at radius 2 is 1.46 bits per heavy atom. The highest BCUT2D eigenvalue weighted by Crippen LogP contribution is 2.18. The zero-order valence-corrected chi connectivity index (χ0v) is 16.9. The molecule has 0 spiro atoms. The van der Waals surface area contributed by atoms with Gasteiger partial charge in [0.2, 0.25) is 5.88 Å². The van der Waals surface area contributed by atoms with E-state index in [0.717, 1.165) is 12.0 Å². The molecule has 1 N–H and O–H groups in total. The fraction of sp³-hybridized carbons (Fsp3) is 0.522. The molecule has 0 radical (unpaired) electrons. The van der Waals surface area contributed by atoms with E-state index < -0.39 is 5.97 Å². The smallest absolute Gasteiger partial charge is 0.335 e. The predicted molar refractivity (Wildman–Crippen MR) is 112 cm³/mol. The lowest BCUT2D eigenvalue weighted by Crippen LogP contribution is -2.00. The van der Waals surface area contributed by atoms with Gasteiger partial charge in [-0.1, -0.05) is 76.8 Å². The monoisotopic (exact) mass is 384 g/mol. The Hall–Kier alpha value is -2.43. The highest BCUT2D eigenvalue weighted by Gasteiger charge is 2.05. The third-order valence-electron chi connectivity index (χ3n) is 4.80. The highest BCUT2D eigenvalue weighted by molar-refractivity contribution is 5.88. The molecule has 0 amide bonds. The Bertz CT molecular complexity index is 684. The van der Waals surface area contributed by atoms with Gasteiger partial charge in [-0.15, -0.1) is 0 Å². The van der Waals surface area contributed by atoms with Gasteiger partial charge in [0.25, 0.3) is 0 Å². The molecule has 0 saturated heterocycles. The second-order valence-electron chi connectivity index (χ2n) is 7.15. The maximum atomic E-state index is 10.9. The summed E-state index contributed by atoms with van der Waals surface area (Å²) >= 11 is 0. The molecule has 28 heavy (non-hydrogen) atoms. The third kappa shape index (κ3) is 8.07. The van der Waals surface area contributed by atoms with Gasteiger partial charge in [0.15, 0.2) is 0 Å². The summed E-state index contributed by atoms with van der Waals surface area (Å²) in [5.41, 5.74) is 1.79. The van der Waals surface area contributed by atoms with Crippen molar-refractivity contribution in [2.75, 3.05) is 6.61 Å². The summed E-state index contributed by atoms with van der Waals surface area (Å²) in [5, 5.41) is 8.94. The average Bonchev–Trinajstić information content (AvgIpc) is 2.72. The first-order valence-electron chi connectivity index (χ1n) is 10.5. The average molecular weight is 385 g/mol. The van der Waals surface area contributed by atoms with Crippen LogP contribution in [0, 0.1) is 0 Å². The summed E-state index contributed by atoms with van der Waals surface area (Å²) in [6.07, 6.45) is 16.3. The number of aromatic nitrogens is 2. The van der Waals surface area contributed by atoms with E-state index in [1.165, 1.54) is 57.8 Å². The molecule has 1 heterocycles. The van der Waals surface area contributed by atoms with Crippen molar-refractivity contribution in [2.24, 2.45) is 0 Å². The molecule has 0 atom stereocenters. The number of unbranched alkanes of at least 4 members (excludes halogenated alkanes) is 9. The fourth-order valence-corrected chi connectivity index (χ4v) is 3.09. The Morgan fingerprint density at radius 1 is 0.857 bits per heavy atom. The molecular weight excluding hydrogens is 352 g/mol. The van der Waals surface area contributed by atoms with Gasteiger partial charge in [-0.3, -0.25) is 0 Å². The van der Waals surface area contributed by atoms with Crippen LogP contribution in [0.5, 0.6) is 5.88 Å². The van der Waals surface area contributed by atoms with E-state index in [4.69, 9.17) is 9.84 Å². The van der Waals surface area contributed by atoms with Crippen LogP contribution >= 0.6 is 0 Å². The maximum Gasteiger partial charge on any atom is 0.335 e. The number of nitrogens with zero attached hydrogens (tertiary/aromatic N) is 2. The molecule has 152 valence electrons. The van der Waals surface area contributed by atoms with E-state index in [1.807, 2.05) is 0 Å². The molecule has 1 aromatic carbocycles. The summed E-state index contributed by atoms with van der Waals surface area (Å²) in [6, 6.07) is 6.60. The lowest BCUT2D eigenvalue weighted by atomic mass is 10.1. The first-order valence-corrected chi connectivity index (χ1v) is 10.5. The minimum Gasteiger partial charge on any atom is -0.478 e. The van der Waals surface area contributed by atoms with Gasteiger partial charge in [-0.25, -0.2) is 14.8 Å². The molecule has 0 fully saturated rings. The van der Waals surface area contributed by atoms with Crippen molar-refractivity contribution in [1.29, 1.82) is 0 Å². The Morgan fingerprint density at radius 3 is 2.00 bits per heavy atom. The molecule has 0 aliphatic heterocycles. The van der Waals surface area contributed by atoms with Crippen LogP contribution in [0.25, 0.3) is 11.3 Å². The third-order valence-corrected chi connectivity index (χ3v) is 4.80. The molecule has 1 aromatic heterocycles. The van der Waals surface area contributed by atoms with Gasteiger partial charge in [0.05, 0.1) is 30.3 Å². The van der Waals surface area contributed by atoms with Crippen molar-refractivity contribution in [3.63, 3.8) is 0 Å². The van der Waals surface area contributed by atoms with Crippen LogP contribution in [0.3, 0.4) is 0 Å². The molecule has 5 nitrogen and oxygen atoms in total. The number of carbonyl (C=O) groups is 1. The predicted octanol–water partition coefficient (Wildman–Crippen LogP) is 6.14. The quantitative estimate of drug-likeness (QED) is 0.396. The van der Waals surface area contributed by atoms with Crippen LogP contribution in [-0.4, -0.2) is 27.7 Å². The Balaban J connectivity index is 1.59. The van der Waals surface area contributed by atoms with Gasteiger partial charge in [-0.05, 0) is 18.6 Å². The number of ether oxygens (including phenoxy) is 1. The van der Waals surface area contributed by atoms with Crippen LogP contribution in [0.15, 0.2) is 36.7 Å². The molecule has 5 heteroatoms. The molecule has 0 saturated carbocycles. The second-order valence-corrected chi connectivity index (χ2v) is 7.15. The molecule has 2 rings (SSSR count). The fourth-order valence-electron chi connectivity index (χ4n) is 3.09. The van der Waals surface area contributed by atoms with Gasteiger partial charge in [0, 0.05) is 5.56 Å². The number of hydrogen-bond acceptors (Lipinski definition) is 4. The summed E-state index contributed by atoms with van der Waals surface area (Å²) in [5.74, 6) is -0.407. The van der Waals surface area contributed by atoms with Gasteiger partial charge < -0.3 is 9.84 Å². The number of hydrogen-bond donors (Lipinski definition) is 1. The summed E-state index contributed by atoms with van der Waals surface area (Å²) in [7, 11) is 0. The van der Waals surface area contributed by atoms with Crippen LogP contribution < -0.4 is 4.74 Å². The Kier molecular flexibility index (Phi) is 10.0. The molecule has 0 unspecified atom stereocenters. The van der Waals surface area contributed by atoms with E-state index in [-0.39, 0.29) is 5.56 Å². The lowest BCUT2D eigenvalue weighted by Gasteiger charge is -2.06. The minimum atomic E-state index is -0.937. The van der Waals surface area contributed by atoms with Crippen LogP contribution in [0.1, 0.15) is 81.5 Å². The first kappa shape index (κ1) is 21.9. The molecule has 0 aliphatic carbocycles. The summed E-state index contributed by atoms with van der Waals surface area (Å²) in [6.45, 7) is 2.92. The van der Waals surface area contributed by atoms with E-state index in [2.05, 4.69) is 16.9 Å². The van der Waals surface area contributed by atoms with Crippen molar-refractivity contribution in [1.82, 2.24) is 9.97 Å². The highest BCUT2D eigenvalue weighted by atomic mass is 16.5. The van der Waals surface area contributed by atoms with Gasteiger partial charge >= 0.3 is 5.97 Å². The molecule has 0 bridgehead atoms. The molecule has 0 aliphatic rings.